The van der Waals surface area contributed by atoms with Crippen LogP contribution in [0.1, 0.15) is 105 Å². The summed E-state index contributed by atoms with van der Waals surface area (Å²) in [5.41, 5.74) is 0.831. The summed E-state index contributed by atoms with van der Waals surface area (Å²) in [6, 6.07) is 6.68. The molecule has 0 spiro atoms. The quantitative estimate of drug-likeness (QED) is 0.328. The minimum Gasteiger partial charge on any atom is -0.462 e. The molecule has 2 atom stereocenters. The summed E-state index contributed by atoms with van der Waals surface area (Å²) in [5.74, 6) is -0.319. The molecule has 1 aliphatic rings. The van der Waals surface area contributed by atoms with Crippen LogP contribution in [-0.2, 0) is 9.47 Å². The summed E-state index contributed by atoms with van der Waals surface area (Å²) in [7, 11) is 0. The van der Waals surface area contributed by atoms with E-state index in [9.17, 15) is 9.59 Å². The lowest BCUT2D eigenvalue weighted by atomic mass is 9.88. The van der Waals surface area contributed by atoms with Crippen LogP contribution < -0.4 is 0 Å². The number of esters is 2. The van der Waals surface area contributed by atoms with Crippen LogP contribution >= 0.6 is 0 Å². The van der Waals surface area contributed by atoms with Crippen LogP contribution in [-0.4, -0.2) is 24.6 Å². The number of carbonyl (C=O) groups excluding carboxylic acids is 2. The number of unbranched alkanes of at least 4 members (excludes halogenated alkanes) is 6. The largest absolute Gasteiger partial charge is 0.462 e. The smallest absolute Gasteiger partial charge is 0.338 e. The van der Waals surface area contributed by atoms with Gasteiger partial charge in [-0.3, -0.25) is 0 Å². The van der Waals surface area contributed by atoms with Gasteiger partial charge in [-0.2, -0.15) is 0 Å². The van der Waals surface area contributed by atoms with E-state index < -0.39 is 0 Å². The fourth-order valence-corrected chi connectivity index (χ4v) is 3.74. The number of benzene rings is 1. The molecule has 4 nitrogen and oxygen atoms in total. The van der Waals surface area contributed by atoms with Gasteiger partial charge in [-0.25, -0.2) is 9.59 Å². The zero-order valence-corrected chi connectivity index (χ0v) is 17.6. The number of carbonyl (C=O) groups is 2. The average Bonchev–Trinajstić information content (AvgIpc) is 2.71. The Bertz CT molecular complexity index is 610. The van der Waals surface area contributed by atoms with E-state index in [4.69, 9.17) is 9.47 Å². The van der Waals surface area contributed by atoms with Gasteiger partial charge in [0.05, 0.1) is 17.7 Å². The van der Waals surface area contributed by atoms with Crippen LogP contribution in [0.5, 0.6) is 0 Å². The van der Waals surface area contributed by atoms with Crippen molar-refractivity contribution < 1.29 is 19.1 Å². The molecule has 1 saturated carbocycles. The van der Waals surface area contributed by atoms with Crippen LogP contribution in [0.4, 0.5) is 0 Å². The van der Waals surface area contributed by atoms with Gasteiger partial charge in [0.15, 0.2) is 0 Å². The first kappa shape index (κ1) is 22.4. The molecule has 2 rings (SSSR count). The molecule has 0 heterocycles. The molecule has 0 amide bonds. The molecule has 156 valence electrons. The maximum atomic E-state index is 12.5. The first-order valence-electron chi connectivity index (χ1n) is 11.1. The molecule has 2 unspecified atom stereocenters. The number of ether oxygens (including phenoxy) is 2. The van der Waals surface area contributed by atoms with Crippen molar-refractivity contribution in [3.63, 3.8) is 0 Å². The Hall–Kier alpha value is -1.84. The Morgan fingerprint density at radius 3 is 2.29 bits per heavy atom. The summed E-state index contributed by atoms with van der Waals surface area (Å²) in [5, 5.41) is 0. The number of hydrogen-bond acceptors (Lipinski definition) is 4. The summed E-state index contributed by atoms with van der Waals surface area (Å²) in [6.07, 6.45) is 12.6. The van der Waals surface area contributed by atoms with Gasteiger partial charge in [-0.1, -0.05) is 64.9 Å². The molecular formula is C24H36O4. The van der Waals surface area contributed by atoms with E-state index in [1.807, 2.05) is 0 Å². The highest BCUT2D eigenvalue weighted by Crippen LogP contribution is 2.27. The highest BCUT2D eigenvalue weighted by atomic mass is 16.5. The molecule has 28 heavy (non-hydrogen) atoms. The van der Waals surface area contributed by atoms with E-state index in [-0.39, 0.29) is 18.0 Å². The lowest BCUT2D eigenvalue weighted by molar-refractivity contribution is 0.00481. The van der Waals surface area contributed by atoms with E-state index in [0.29, 0.717) is 23.7 Å². The Balaban J connectivity index is 1.75. The standard InChI is InChI=1S/C24H36O4/c1-3-4-5-6-7-8-11-17-27-23(25)20-14-12-15-21(18-20)24(26)28-22-16-10-9-13-19(22)2/h12,14-15,18-19,22H,3-11,13,16-17H2,1-2H3. The zero-order chi connectivity index (χ0) is 20.2. The summed E-state index contributed by atoms with van der Waals surface area (Å²) < 4.78 is 11.1. The van der Waals surface area contributed by atoms with Gasteiger partial charge in [0.2, 0.25) is 0 Å². The molecule has 4 heteroatoms. The monoisotopic (exact) mass is 388 g/mol. The first-order valence-corrected chi connectivity index (χ1v) is 11.1. The van der Waals surface area contributed by atoms with Crippen molar-refractivity contribution >= 4 is 11.9 Å². The van der Waals surface area contributed by atoms with E-state index in [1.165, 1.54) is 38.5 Å². The Morgan fingerprint density at radius 2 is 1.57 bits per heavy atom. The molecule has 1 aromatic carbocycles. The van der Waals surface area contributed by atoms with Crippen molar-refractivity contribution in [3.05, 3.63) is 35.4 Å². The van der Waals surface area contributed by atoms with Gasteiger partial charge < -0.3 is 9.47 Å². The molecule has 0 aromatic heterocycles. The van der Waals surface area contributed by atoms with Crippen LogP contribution in [0.15, 0.2) is 24.3 Å². The van der Waals surface area contributed by atoms with Crippen molar-refractivity contribution in [1.29, 1.82) is 0 Å². The Labute approximate surface area is 170 Å². The topological polar surface area (TPSA) is 52.6 Å². The predicted octanol–water partition coefficient (Wildman–Crippen LogP) is 6.33. The fourth-order valence-electron chi connectivity index (χ4n) is 3.74. The molecule has 0 aliphatic heterocycles. The van der Waals surface area contributed by atoms with Crippen molar-refractivity contribution in [2.24, 2.45) is 5.92 Å². The Morgan fingerprint density at radius 1 is 0.929 bits per heavy atom. The minimum atomic E-state index is -0.369. The van der Waals surface area contributed by atoms with Gasteiger partial charge in [0.25, 0.3) is 0 Å². The van der Waals surface area contributed by atoms with Crippen LogP contribution in [0, 0.1) is 5.92 Å². The van der Waals surface area contributed by atoms with Crippen LogP contribution in [0.3, 0.4) is 0 Å². The predicted molar refractivity (Wildman–Crippen MR) is 112 cm³/mol. The molecule has 0 saturated heterocycles. The molecular weight excluding hydrogens is 352 g/mol. The summed E-state index contributed by atoms with van der Waals surface area (Å²) >= 11 is 0. The first-order chi connectivity index (χ1) is 13.6. The zero-order valence-electron chi connectivity index (χ0n) is 17.6. The van der Waals surface area contributed by atoms with Gasteiger partial charge in [-0.15, -0.1) is 0 Å². The molecule has 1 aromatic rings. The number of hydrogen-bond donors (Lipinski definition) is 0. The molecule has 0 N–H and O–H groups in total. The average molecular weight is 389 g/mol. The number of rotatable bonds is 11. The third-order valence-corrected chi connectivity index (χ3v) is 5.61. The molecule has 1 fully saturated rings. The third kappa shape index (κ3) is 7.65. The lowest BCUT2D eigenvalue weighted by Gasteiger charge is -2.28. The second-order valence-electron chi connectivity index (χ2n) is 8.04. The molecule has 0 radical (unpaired) electrons. The van der Waals surface area contributed by atoms with Gasteiger partial charge in [-0.05, 0) is 49.8 Å². The summed E-state index contributed by atoms with van der Waals surface area (Å²) in [4.78, 5) is 24.7. The lowest BCUT2D eigenvalue weighted by Crippen LogP contribution is -2.28. The van der Waals surface area contributed by atoms with Crippen molar-refractivity contribution in [2.75, 3.05) is 6.61 Å². The van der Waals surface area contributed by atoms with Crippen molar-refractivity contribution in [2.45, 2.75) is 90.6 Å². The Kier molecular flexibility index (Phi) is 10.1. The van der Waals surface area contributed by atoms with E-state index in [1.54, 1.807) is 24.3 Å². The molecule has 1 aliphatic carbocycles. The van der Waals surface area contributed by atoms with Crippen LogP contribution in [0.25, 0.3) is 0 Å². The third-order valence-electron chi connectivity index (χ3n) is 5.61. The minimum absolute atomic E-state index is 0.0193. The second kappa shape index (κ2) is 12.6. The van der Waals surface area contributed by atoms with Gasteiger partial charge >= 0.3 is 11.9 Å². The van der Waals surface area contributed by atoms with Crippen molar-refractivity contribution in [1.82, 2.24) is 0 Å². The van der Waals surface area contributed by atoms with Crippen LogP contribution in [0.2, 0.25) is 0 Å². The molecule has 0 bridgehead atoms. The maximum Gasteiger partial charge on any atom is 0.338 e. The van der Waals surface area contributed by atoms with Crippen molar-refractivity contribution in [3.8, 4) is 0 Å². The fraction of sp³-hybridized carbons (Fsp3) is 0.667. The van der Waals surface area contributed by atoms with Gasteiger partial charge in [0, 0.05) is 0 Å². The van der Waals surface area contributed by atoms with E-state index in [0.717, 1.165) is 32.1 Å². The second-order valence-corrected chi connectivity index (χ2v) is 8.04. The van der Waals surface area contributed by atoms with E-state index in [2.05, 4.69) is 13.8 Å². The SMILES string of the molecule is CCCCCCCCCOC(=O)c1cccc(C(=O)OC2CCCCC2C)c1. The van der Waals surface area contributed by atoms with E-state index >= 15 is 0 Å². The highest BCUT2D eigenvalue weighted by molar-refractivity contribution is 5.95. The summed E-state index contributed by atoms with van der Waals surface area (Å²) in [6.45, 7) is 4.78. The normalized spacial score (nSPS) is 19.2. The van der Waals surface area contributed by atoms with Gasteiger partial charge in [0.1, 0.15) is 6.10 Å². The maximum absolute atomic E-state index is 12.5. The highest BCUT2D eigenvalue weighted by Gasteiger charge is 2.25.